The minimum absolute atomic E-state index is 0.0919. The van der Waals surface area contributed by atoms with E-state index in [1.165, 1.54) is 0 Å². The van der Waals surface area contributed by atoms with Gasteiger partial charge in [0.25, 0.3) is 0 Å². The molecule has 1 rings (SSSR count). The molecule has 1 aromatic rings. The van der Waals surface area contributed by atoms with Crippen LogP contribution in [0.2, 0.25) is 0 Å². The van der Waals surface area contributed by atoms with Crippen molar-refractivity contribution >= 4 is 5.97 Å². The summed E-state index contributed by atoms with van der Waals surface area (Å²) < 4.78 is 5.08. The third kappa shape index (κ3) is 4.45. The van der Waals surface area contributed by atoms with Gasteiger partial charge in [-0.05, 0) is 31.9 Å². The molecule has 0 aliphatic heterocycles. The maximum absolute atomic E-state index is 11.8. The molecule has 0 spiro atoms. The van der Waals surface area contributed by atoms with Gasteiger partial charge in [0.05, 0.1) is 12.5 Å². The monoisotopic (exact) mass is 250 g/mol. The lowest BCUT2D eigenvalue weighted by Gasteiger charge is -2.22. The van der Waals surface area contributed by atoms with Crippen LogP contribution in [-0.2, 0) is 16.1 Å². The van der Waals surface area contributed by atoms with Gasteiger partial charge in [0.2, 0.25) is 0 Å². The molecule has 1 N–H and O–H groups in total. The Morgan fingerprint density at radius 2 is 2.28 bits per heavy atom. The molecule has 2 unspecified atom stereocenters. The van der Waals surface area contributed by atoms with Crippen molar-refractivity contribution in [1.29, 1.82) is 0 Å². The standard InChI is InChI=1S/C14H22N2O2/c1-4-13(14(17)18-5-2)11(3)16-10-12-7-6-8-15-9-12/h6-9,11,13,16H,4-5,10H2,1-3H3. The number of rotatable bonds is 7. The van der Waals surface area contributed by atoms with Crippen molar-refractivity contribution in [3.05, 3.63) is 30.1 Å². The number of hydrogen-bond donors (Lipinski definition) is 1. The Balaban J connectivity index is 2.47. The summed E-state index contributed by atoms with van der Waals surface area (Å²) in [5, 5.41) is 3.35. The highest BCUT2D eigenvalue weighted by molar-refractivity contribution is 5.73. The van der Waals surface area contributed by atoms with Crippen molar-refractivity contribution in [2.75, 3.05) is 6.61 Å². The first-order valence-corrected chi connectivity index (χ1v) is 6.47. The molecule has 100 valence electrons. The van der Waals surface area contributed by atoms with E-state index in [2.05, 4.69) is 10.3 Å². The molecule has 2 atom stereocenters. The summed E-state index contributed by atoms with van der Waals surface area (Å²) in [6.07, 6.45) is 4.35. The predicted molar refractivity (Wildman–Crippen MR) is 71.0 cm³/mol. The van der Waals surface area contributed by atoms with Crippen molar-refractivity contribution in [3.63, 3.8) is 0 Å². The van der Waals surface area contributed by atoms with Crippen LogP contribution in [0.5, 0.6) is 0 Å². The first-order chi connectivity index (χ1) is 8.69. The Kier molecular flexibility index (Phi) is 6.36. The lowest BCUT2D eigenvalue weighted by atomic mass is 9.98. The smallest absolute Gasteiger partial charge is 0.310 e. The molecule has 0 saturated carbocycles. The molecule has 0 aliphatic carbocycles. The van der Waals surface area contributed by atoms with Crippen molar-refractivity contribution in [1.82, 2.24) is 10.3 Å². The molecule has 0 saturated heterocycles. The normalized spacial score (nSPS) is 13.9. The molecule has 0 radical (unpaired) electrons. The number of nitrogens with one attached hydrogen (secondary N) is 1. The van der Waals surface area contributed by atoms with E-state index in [9.17, 15) is 4.79 Å². The molecule has 0 fully saturated rings. The average Bonchev–Trinajstić information content (AvgIpc) is 2.39. The summed E-state index contributed by atoms with van der Waals surface area (Å²) in [5.41, 5.74) is 1.11. The molecule has 0 bridgehead atoms. The second-order valence-corrected chi connectivity index (χ2v) is 4.30. The fourth-order valence-electron chi connectivity index (χ4n) is 1.90. The van der Waals surface area contributed by atoms with Gasteiger partial charge in [0.15, 0.2) is 0 Å². The third-order valence-electron chi connectivity index (χ3n) is 2.98. The van der Waals surface area contributed by atoms with Gasteiger partial charge in [-0.1, -0.05) is 13.0 Å². The molecule has 0 aromatic carbocycles. The van der Waals surface area contributed by atoms with Crippen molar-refractivity contribution in [2.45, 2.75) is 39.8 Å². The Labute approximate surface area is 109 Å². The van der Waals surface area contributed by atoms with Crippen LogP contribution in [0.1, 0.15) is 32.8 Å². The number of ether oxygens (including phenoxy) is 1. The highest BCUT2D eigenvalue weighted by Gasteiger charge is 2.23. The van der Waals surface area contributed by atoms with Crippen LogP contribution in [0.15, 0.2) is 24.5 Å². The summed E-state index contributed by atoms with van der Waals surface area (Å²) in [7, 11) is 0. The van der Waals surface area contributed by atoms with Gasteiger partial charge in [0, 0.05) is 25.0 Å². The van der Waals surface area contributed by atoms with Crippen LogP contribution in [-0.4, -0.2) is 23.6 Å². The van der Waals surface area contributed by atoms with Gasteiger partial charge in [-0.15, -0.1) is 0 Å². The lowest BCUT2D eigenvalue weighted by Crippen LogP contribution is -2.38. The zero-order chi connectivity index (χ0) is 13.4. The quantitative estimate of drug-likeness (QED) is 0.753. The number of esters is 1. The summed E-state index contributed by atoms with van der Waals surface area (Å²) in [6, 6.07) is 4.01. The number of aromatic nitrogens is 1. The van der Waals surface area contributed by atoms with E-state index < -0.39 is 0 Å². The highest BCUT2D eigenvalue weighted by atomic mass is 16.5. The second-order valence-electron chi connectivity index (χ2n) is 4.30. The van der Waals surface area contributed by atoms with Crippen LogP contribution in [0.25, 0.3) is 0 Å². The third-order valence-corrected chi connectivity index (χ3v) is 2.98. The van der Waals surface area contributed by atoms with Gasteiger partial charge in [0.1, 0.15) is 0 Å². The molecule has 1 aromatic heterocycles. The Morgan fingerprint density at radius 3 is 2.83 bits per heavy atom. The van der Waals surface area contributed by atoms with Crippen LogP contribution in [0.3, 0.4) is 0 Å². The minimum Gasteiger partial charge on any atom is -0.466 e. The van der Waals surface area contributed by atoms with E-state index in [-0.39, 0.29) is 17.9 Å². The first kappa shape index (κ1) is 14.6. The Hall–Kier alpha value is -1.42. The van der Waals surface area contributed by atoms with Crippen LogP contribution < -0.4 is 5.32 Å². The number of nitrogens with zero attached hydrogens (tertiary/aromatic N) is 1. The SMILES string of the molecule is CCOC(=O)C(CC)C(C)NCc1cccnc1. The summed E-state index contributed by atoms with van der Waals surface area (Å²) >= 11 is 0. The van der Waals surface area contributed by atoms with E-state index >= 15 is 0 Å². The highest BCUT2D eigenvalue weighted by Crippen LogP contribution is 2.11. The van der Waals surface area contributed by atoms with Gasteiger partial charge >= 0.3 is 5.97 Å². The van der Waals surface area contributed by atoms with Gasteiger partial charge in [-0.2, -0.15) is 0 Å². The fourth-order valence-corrected chi connectivity index (χ4v) is 1.90. The topological polar surface area (TPSA) is 51.2 Å². The average molecular weight is 250 g/mol. The molecule has 1 heterocycles. The molecule has 18 heavy (non-hydrogen) atoms. The van der Waals surface area contributed by atoms with Crippen LogP contribution in [0, 0.1) is 5.92 Å². The van der Waals surface area contributed by atoms with Gasteiger partial charge in [-0.25, -0.2) is 0 Å². The lowest BCUT2D eigenvalue weighted by molar-refractivity contribution is -0.149. The maximum atomic E-state index is 11.8. The zero-order valence-corrected chi connectivity index (χ0v) is 11.3. The Bertz CT molecular complexity index is 354. The fraction of sp³-hybridized carbons (Fsp3) is 0.571. The Morgan fingerprint density at radius 1 is 1.50 bits per heavy atom. The maximum Gasteiger partial charge on any atom is 0.310 e. The van der Waals surface area contributed by atoms with E-state index in [1.54, 1.807) is 6.20 Å². The predicted octanol–water partition coefficient (Wildman–Crippen LogP) is 2.15. The van der Waals surface area contributed by atoms with Crippen molar-refractivity contribution in [3.8, 4) is 0 Å². The van der Waals surface area contributed by atoms with Crippen LogP contribution >= 0.6 is 0 Å². The number of carbonyl (C=O) groups excluding carboxylic acids is 1. The number of hydrogen-bond acceptors (Lipinski definition) is 4. The minimum atomic E-state index is -0.119. The van der Waals surface area contributed by atoms with E-state index in [0.717, 1.165) is 12.0 Å². The largest absolute Gasteiger partial charge is 0.466 e. The molecule has 4 heteroatoms. The summed E-state index contributed by atoms with van der Waals surface area (Å²) in [6.45, 7) is 7.00. The van der Waals surface area contributed by atoms with Crippen molar-refractivity contribution in [2.24, 2.45) is 5.92 Å². The van der Waals surface area contributed by atoms with E-state index in [1.807, 2.05) is 39.1 Å². The number of carbonyl (C=O) groups is 1. The molecular weight excluding hydrogens is 228 g/mol. The summed E-state index contributed by atoms with van der Waals surface area (Å²) in [5.74, 6) is -0.215. The second kappa shape index (κ2) is 7.82. The molecule has 4 nitrogen and oxygen atoms in total. The molecule has 0 aliphatic rings. The zero-order valence-electron chi connectivity index (χ0n) is 11.3. The number of pyridine rings is 1. The van der Waals surface area contributed by atoms with Gasteiger partial charge in [-0.3, -0.25) is 9.78 Å². The molecular formula is C14H22N2O2. The molecule has 0 amide bonds. The first-order valence-electron chi connectivity index (χ1n) is 6.47. The summed E-state index contributed by atoms with van der Waals surface area (Å²) in [4.78, 5) is 15.8. The van der Waals surface area contributed by atoms with E-state index in [0.29, 0.717) is 13.2 Å². The van der Waals surface area contributed by atoms with Crippen LogP contribution in [0.4, 0.5) is 0 Å². The van der Waals surface area contributed by atoms with E-state index in [4.69, 9.17) is 4.74 Å². The van der Waals surface area contributed by atoms with Crippen molar-refractivity contribution < 1.29 is 9.53 Å². The van der Waals surface area contributed by atoms with Gasteiger partial charge < -0.3 is 10.1 Å².